The molecule has 0 N–H and O–H groups in total. The molecule has 0 spiro atoms. The van der Waals surface area contributed by atoms with E-state index in [9.17, 15) is 14.4 Å². The van der Waals surface area contributed by atoms with Crippen LogP contribution < -0.4 is 5.56 Å². The number of thioether (sulfide) groups is 2. The van der Waals surface area contributed by atoms with Crippen LogP contribution >= 0.6 is 23.5 Å². The normalized spacial score (nSPS) is 14.6. The number of nitrogens with zero attached hydrogens (tertiary/aromatic N) is 1. The molecule has 0 saturated heterocycles. The largest absolute Gasteiger partial charge is 0.315 e. The van der Waals surface area contributed by atoms with Gasteiger partial charge in [-0.05, 0) is 18.9 Å². The molecule has 0 radical (unpaired) electrons. The first-order chi connectivity index (χ1) is 10.0. The monoisotopic (exact) mass is 323 g/mol. The lowest BCUT2D eigenvalue weighted by molar-refractivity contribution is 0.0987. The summed E-state index contributed by atoms with van der Waals surface area (Å²) in [5.41, 5.74) is 0.356. The molecule has 112 valence electrons. The van der Waals surface area contributed by atoms with Crippen LogP contribution in [-0.2, 0) is 6.54 Å². The molecular weight excluding hydrogens is 306 g/mol. The zero-order valence-corrected chi connectivity index (χ0v) is 13.9. The van der Waals surface area contributed by atoms with Crippen molar-refractivity contribution in [2.75, 3.05) is 12.5 Å². The van der Waals surface area contributed by atoms with Crippen molar-refractivity contribution in [2.45, 2.75) is 26.3 Å². The van der Waals surface area contributed by atoms with Crippen molar-refractivity contribution in [1.82, 2.24) is 4.57 Å². The number of carbonyl (C=O) groups is 2. The number of aromatic nitrogens is 1. The number of fused-ring (bicyclic) bond motifs is 1. The molecule has 0 amide bonds. The molecule has 0 saturated carbocycles. The van der Waals surface area contributed by atoms with E-state index in [2.05, 4.69) is 0 Å². The smallest absolute Gasteiger partial charge is 0.251 e. The van der Waals surface area contributed by atoms with Gasteiger partial charge in [0.15, 0.2) is 0 Å². The van der Waals surface area contributed by atoms with Crippen molar-refractivity contribution >= 4 is 35.1 Å². The molecule has 0 atom stereocenters. The number of carbonyl (C=O) groups excluding carboxylic acids is 2. The van der Waals surface area contributed by atoms with Crippen LogP contribution in [0.3, 0.4) is 0 Å². The van der Waals surface area contributed by atoms with Crippen LogP contribution in [-0.4, -0.2) is 28.6 Å². The van der Waals surface area contributed by atoms with Gasteiger partial charge in [0, 0.05) is 24.4 Å². The van der Waals surface area contributed by atoms with E-state index in [4.69, 9.17) is 0 Å². The van der Waals surface area contributed by atoms with E-state index in [1.807, 2.05) is 6.92 Å². The first-order valence-corrected chi connectivity index (χ1v) is 9.16. The van der Waals surface area contributed by atoms with Gasteiger partial charge in [0.2, 0.25) is 11.6 Å². The molecule has 21 heavy (non-hydrogen) atoms. The van der Waals surface area contributed by atoms with Crippen molar-refractivity contribution in [3.8, 4) is 0 Å². The molecule has 1 heterocycles. The van der Waals surface area contributed by atoms with Gasteiger partial charge < -0.3 is 4.57 Å². The van der Waals surface area contributed by atoms with E-state index in [1.54, 1.807) is 18.7 Å². The fourth-order valence-corrected chi connectivity index (χ4v) is 3.91. The maximum Gasteiger partial charge on any atom is 0.251 e. The first kappa shape index (κ1) is 16.1. The number of Topliss-reactive ketones (excluding diaryl/α,β-unsaturated/α-hetero) is 2. The molecule has 0 aromatic carbocycles. The van der Waals surface area contributed by atoms with Gasteiger partial charge in [0.25, 0.3) is 5.56 Å². The molecule has 1 aromatic rings. The zero-order valence-electron chi connectivity index (χ0n) is 12.3. The molecule has 0 bridgehead atoms. The minimum Gasteiger partial charge on any atom is -0.315 e. The van der Waals surface area contributed by atoms with E-state index in [-0.39, 0.29) is 22.7 Å². The second-order valence-electron chi connectivity index (χ2n) is 4.71. The average molecular weight is 323 g/mol. The Morgan fingerprint density at radius 3 is 2.10 bits per heavy atom. The number of hydrogen-bond donors (Lipinski definition) is 0. The van der Waals surface area contributed by atoms with Crippen LogP contribution in [0.4, 0.5) is 0 Å². The topological polar surface area (TPSA) is 56.1 Å². The molecule has 6 heteroatoms. The molecule has 1 aliphatic carbocycles. The highest BCUT2D eigenvalue weighted by Crippen LogP contribution is 2.35. The van der Waals surface area contributed by atoms with Crippen LogP contribution in [0, 0.1) is 0 Å². The van der Waals surface area contributed by atoms with Crippen molar-refractivity contribution < 1.29 is 9.59 Å². The zero-order chi connectivity index (χ0) is 15.6. The maximum absolute atomic E-state index is 12.5. The Balaban J connectivity index is 2.58. The summed E-state index contributed by atoms with van der Waals surface area (Å²) >= 11 is 2.54. The molecule has 2 rings (SSSR count). The van der Waals surface area contributed by atoms with E-state index >= 15 is 0 Å². The molecule has 1 aromatic heterocycles. The molecule has 4 nitrogen and oxygen atoms in total. The first-order valence-electron chi connectivity index (χ1n) is 6.71. The van der Waals surface area contributed by atoms with E-state index in [0.29, 0.717) is 21.9 Å². The Morgan fingerprint density at radius 1 is 1.00 bits per heavy atom. The minimum absolute atomic E-state index is 0.160. The maximum atomic E-state index is 12.5. The van der Waals surface area contributed by atoms with Gasteiger partial charge in [-0.1, -0.05) is 13.3 Å². The van der Waals surface area contributed by atoms with Gasteiger partial charge in [0.1, 0.15) is 0 Å². The number of ketones is 2. The second-order valence-corrected chi connectivity index (χ2v) is 6.34. The highest BCUT2D eigenvalue weighted by atomic mass is 32.2. The van der Waals surface area contributed by atoms with E-state index in [0.717, 1.165) is 12.8 Å². The second kappa shape index (κ2) is 6.66. The number of allylic oxidation sites excluding steroid dienone is 2. The van der Waals surface area contributed by atoms with Crippen molar-refractivity contribution in [2.24, 2.45) is 0 Å². The Hall–Kier alpha value is -1.27. The third-order valence-electron chi connectivity index (χ3n) is 3.39. The number of rotatable bonds is 5. The van der Waals surface area contributed by atoms with Crippen LogP contribution in [0.25, 0.3) is 0 Å². The number of pyridine rings is 1. The van der Waals surface area contributed by atoms with Crippen LogP contribution in [0.2, 0.25) is 0 Å². The van der Waals surface area contributed by atoms with Crippen molar-refractivity contribution in [1.29, 1.82) is 0 Å². The summed E-state index contributed by atoms with van der Waals surface area (Å²) in [6.07, 6.45) is 6.92. The van der Waals surface area contributed by atoms with Crippen LogP contribution in [0.5, 0.6) is 0 Å². The fraction of sp³-hybridized carbons (Fsp3) is 0.400. The van der Waals surface area contributed by atoms with E-state index in [1.165, 1.54) is 34.2 Å². The highest BCUT2D eigenvalue weighted by Gasteiger charge is 2.32. The van der Waals surface area contributed by atoms with Crippen LogP contribution in [0.1, 0.15) is 40.5 Å². The van der Waals surface area contributed by atoms with Crippen molar-refractivity contribution in [3.63, 3.8) is 0 Å². The molecular formula is C15H17NO3S2. The lowest BCUT2D eigenvalue weighted by Crippen LogP contribution is -2.27. The summed E-state index contributed by atoms with van der Waals surface area (Å²) in [6.45, 7) is 2.61. The van der Waals surface area contributed by atoms with Gasteiger partial charge in [-0.2, -0.15) is 0 Å². The lowest BCUT2D eigenvalue weighted by Gasteiger charge is -2.19. The quantitative estimate of drug-likeness (QED) is 0.834. The minimum atomic E-state index is -0.226. The van der Waals surface area contributed by atoms with Gasteiger partial charge in [-0.15, -0.1) is 23.5 Å². The third kappa shape index (κ3) is 2.87. The summed E-state index contributed by atoms with van der Waals surface area (Å²) < 4.78 is 1.52. The van der Waals surface area contributed by atoms with Crippen LogP contribution in [0.15, 0.2) is 26.9 Å². The summed E-state index contributed by atoms with van der Waals surface area (Å²) in [5, 5.41) is 0. The predicted octanol–water partition coefficient (Wildman–Crippen LogP) is 2.97. The van der Waals surface area contributed by atoms with Gasteiger partial charge >= 0.3 is 0 Å². The summed E-state index contributed by atoms with van der Waals surface area (Å²) in [5.74, 6) is -0.382. The molecule has 0 unspecified atom stereocenters. The molecule has 0 aliphatic heterocycles. The summed E-state index contributed by atoms with van der Waals surface area (Å²) in [7, 11) is 0. The van der Waals surface area contributed by atoms with Crippen molar-refractivity contribution in [3.05, 3.63) is 43.6 Å². The molecule has 1 aliphatic rings. The summed E-state index contributed by atoms with van der Waals surface area (Å²) in [4.78, 5) is 38.0. The lowest BCUT2D eigenvalue weighted by atomic mass is 9.96. The fourth-order valence-electron chi connectivity index (χ4n) is 2.27. The highest BCUT2D eigenvalue weighted by molar-refractivity contribution is 8.07. The predicted molar refractivity (Wildman–Crippen MR) is 88.3 cm³/mol. The SMILES string of the molecule is CCCCn1cc2c(cc1=O)C(=O)C(SC)=C(SC)C2=O. The molecule has 0 fully saturated rings. The standard InChI is InChI=1S/C15H17NO3S2/c1-4-5-6-16-8-10-9(7-11(16)17)12(18)14(20-2)15(21-3)13(10)19/h7-8H,4-6H2,1-3H3. The third-order valence-corrected chi connectivity index (χ3v) is 5.12. The number of unbranched alkanes of at least 4 members (excludes halogenated alkanes) is 1. The van der Waals surface area contributed by atoms with Gasteiger partial charge in [-0.25, -0.2) is 0 Å². The Morgan fingerprint density at radius 2 is 1.57 bits per heavy atom. The summed E-state index contributed by atoms with van der Waals surface area (Å²) in [6, 6.07) is 1.30. The number of aryl methyl sites for hydroxylation is 1. The van der Waals surface area contributed by atoms with Gasteiger partial charge in [-0.3, -0.25) is 14.4 Å². The average Bonchev–Trinajstić information content (AvgIpc) is 2.48. The Labute approximate surface area is 132 Å². The van der Waals surface area contributed by atoms with E-state index < -0.39 is 0 Å². The number of hydrogen-bond acceptors (Lipinski definition) is 5. The van der Waals surface area contributed by atoms with Gasteiger partial charge in [0.05, 0.1) is 15.4 Å². The Bertz CT molecular complexity index is 689. The Kier molecular flexibility index (Phi) is 5.11.